The Labute approximate surface area is 92.8 Å². The van der Waals surface area contributed by atoms with Crippen LogP contribution >= 0.6 is 11.6 Å². The highest BCUT2D eigenvalue weighted by Crippen LogP contribution is 2.23. The highest BCUT2D eigenvalue weighted by Gasteiger charge is 2.23. The van der Waals surface area contributed by atoms with Gasteiger partial charge in [-0.05, 0) is 31.0 Å². The molecule has 2 rings (SSSR count). The van der Waals surface area contributed by atoms with Crippen molar-refractivity contribution in [3.8, 4) is 0 Å². The van der Waals surface area contributed by atoms with Crippen LogP contribution in [0, 0.1) is 0 Å². The molecule has 0 bridgehead atoms. The van der Waals surface area contributed by atoms with E-state index in [1.54, 1.807) is 18.2 Å². The van der Waals surface area contributed by atoms with Gasteiger partial charge in [-0.15, -0.1) is 0 Å². The summed E-state index contributed by atoms with van der Waals surface area (Å²) in [6, 6.07) is 5.09. The summed E-state index contributed by atoms with van der Waals surface area (Å²) in [7, 11) is 0. The molecule has 0 unspecified atom stereocenters. The Morgan fingerprint density at radius 1 is 1.47 bits per heavy atom. The molecule has 1 aromatic carbocycles. The molecule has 80 valence electrons. The van der Waals surface area contributed by atoms with Crippen LogP contribution < -0.4 is 16.4 Å². The number of anilines is 2. The lowest BCUT2D eigenvalue weighted by atomic mass is 10.3. The maximum Gasteiger partial charge on any atom is 0.319 e. The van der Waals surface area contributed by atoms with Crippen molar-refractivity contribution < 1.29 is 4.79 Å². The van der Waals surface area contributed by atoms with Crippen LogP contribution in [-0.2, 0) is 0 Å². The van der Waals surface area contributed by atoms with E-state index in [2.05, 4.69) is 10.6 Å². The number of nitrogens with two attached hydrogens (primary N) is 1. The SMILES string of the molecule is Nc1cc(Cl)ccc1NC(=O)NC1CC1. The molecule has 0 heterocycles. The standard InChI is InChI=1S/C10H12ClN3O/c11-6-1-4-9(8(12)5-6)14-10(15)13-7-2-3-7/h1,4-5,7H,2-3,12H2,(H2,13,14,15). The van der Waals surface area contributed by atoms with E-state index in [0.29, 0.717) is 22.4 Å². The van der Waals surface area contributed by atoms with Gasteiger partial charge in [0.15, 0.2) is 0 Å². The molecule has 4 N–H and O–H groups in total. The molecule has 1 saturated carbocycles. The van der Waals surface area contributed by atoms with Crippen LogP contribution in [0.5, 0.6) is 0 Å². The molecule has 1 aromatic rings. The molecule has 15 heavy (non-hydrogen) atoms. The molecule has 0 spiro atoms. The second-order valence-corrected chi connectivity index (χ2v) is 4.04. The molecule has 0 radical (unpaired) electrons. The highest BCUT2D eigenvalue weighted by atomic mass is 35.5. The van der Waals surface area contributed by atoms with Gasteiger partial charge in [0.05, 0.1) is 11.4 Å². The summed E-state index contributed by atoms with van der Waals surface area (Å²) in [6.45, 7) is 0. The lowest BCUT2D eigenvalue weighted by Crippen LogP contribution is -2.30. The first kappa shape index (κ1) is 10.1. The molecule has 1 aliphatic carbocycles. The van der Waals surface area contributed by atoms with E-state index in [1.807, 2.05) is 0 Å². The summed E-state index contributed by atoms with van der Waals surface area (Å²) < 4.78 is 0. The van der Waals surface area contributed by atoms with Crippen LogP contribution in [0.2, 0.25) is 5.02 Å². The fourth-order valence-corrected chi connectivity index (χ4v) is 1.40. The van der Waals surface area contributed by atoms with Gasteiger partial charge in [-0.1, -0.05) is 11.6 Å². The van der Waals surface area contributed by atoms with Crippen molar-refractivity contribution in [1.82, 2.24) is 5.32 Å². The van der Waals surface area contributed by atoms with Crippen molar-refractivity contribution in [3.05, 3.63) is 23.2 Å². The average Bonchev–Trinajstić information content (AvgIpc) is 2.94. The topological polar surface area (TPSA) is 67.1 Å². The summed E-state index contributed by atoms with van der Waals surface area (Å²) in [5, 5.41) is 6.04. The van der Waals surface area contributed by atoms with Crippen LogP contribution in [0.15, 0.2) is 18.2 Å². The number of carbonyl (C=O) groups excluding carboxylic acids is 1. The summed E-state index contributed by atoms with van der Waals surface area (Å²) in [6.07, 6.45) is 2.12. The van der Waals surface area contributed by atoms with Crippen LogP contribution in [0.1, 0.15) is 12.8 Å². The maximum absolute atomic E-state index is 11.4. The van der Waals surface area contributed by atoms with E-state index in [0.717, 1.165) is 12.8 Å². The van der Waals surface area contributed by atoms with Crippen LogP contribution in [0.4, 0.5) is 16.2 Å². The van der Waals surface area contributed by atoms with Gasteiger partial charge < -0.3 is 16.4 Å². The first-order valence-corrected chi connectivity index (χ1v) is 5.15. The Kier molecular flexibility index (Phi) is 2.68. The normalized spacial score (nSPS) is 14.7. The smallest absolute Gasteiger partial charge is 0.319 e. The number of nitrogen functional groups attached to an aromatic ring is 1. The van der Waals surface area contributed by atoms with Gasteiger partial charge in [-0.2, -0.15) is 0 Å². The average molecular weight is 226 g/mol. The monoisotopic (exact) mass is 225 g/mol. The predicted octanol–water partition coefficient (Wildman–Crippen LogP) is 2.21. The zero-order valence-corrected chi connectivity index (χ0v) is 8.84. The predicted molar refractivity (Wildman–Crippen MR) is 61.0 cm³/mol. The summed E-state index contributed by atoms with van der Waals surface area (Å²) in [5.41, 5.74) is 6.74. The maximum atomic E-state index is 11.4. The van der Waals surface area contributed by atoms with E-state index in [1.165, 1.54) is 0 Å². The number of rotatable bonds is 2. The molecule has 1 fully saturated rings. The van der Waals surface area contributed by atoms with Crippen LogP contribution in [0.25, 0.3) is 0 Å². The minimum Gasteiger partial charge on any atom is -0.397 e. The second-order valence-electron chi connectivity index (χ2n) is 3.60. The van der Waals surface area contributed by atoms with Gasteiger partial charge in [0, 0.05) is 11.1 Å². The number of carbonyl (C=O) groups is 1. The summed E-state index contributed by atoms with van der Waals surface area (Å²) in [5.74, 6) is 0. The molecule has 1 aliphatic rings. The van der Waals surface area contributed by atoms with Crippen molar-refractivity contribution in [3.63, 3.8) is 0 Å². The fraction of sp³-hybridized carbons (Fsp3) is 0.300. The third kappa shape index (κ3) is 2.76. The van der Waals surface area contributed by atoms with E-state index < -0.39 is 0 Å². The van der Waals surface area contributed by atoms with Gasteiger partial charge in [-0.25, -0.2) is 4.79 Å². The third-order valence-electron chi connectivity index (χ3n) is 2.17. The molecule has 0 aromatic heterocycles. The molecular weight excluding hydrogens is 214 g/mol. The molecule has 2 amide bonds. The highest BCUT2D eigenvalue weighted by molar-refractivity contribution is 6.31. The van der Waals surface area contributed by atoms with Crippen LogP contribution in [0.3, 0.4) is 0 Å². The largest absolute Gasteiger partial charge is 0.397 e. The zero-order chi connectivity index (χ0) is 10.8. The molecule has 4 nitrogen and oxygen atoms in total. The minimum absolute atomic E-state index is 0.216. The molecular formula is C10H12ClN3O. The summed E-state index contributed by atoms with van der Waals surface area (Å²) in [4.78, 5) is 11.4. The van der Waals surface area contributed by atoms with Crippen molar-refractivity contribution in [1.29, 1.82) is 0 Å². The fourth-order valence-electron chi connectivity index (χ4n) is 1.22. The Balaban J connectivity index is 1.99. The quantitative estimate of drug-likeness (QED) is 0.676. The van der Waals surface area contributed by atoms with Crippen molar-refractivity contribution >= 4 is 29.0 Å². The molecule has 0 aliphatic heterocycles. The van der Waals surface area contributed by atoms with E-state index >= 15 is 0 Å². The second kappa shape index (κ2) is 3.98. The molecule has 5 heteroatoms. The van der Waals surface area contributed by atoms with Gasteiger partial charge >= 0.3 is 6.03 Å². The Hall–Kier alpha value is -1.42. The van der Waals surface area contributed by atoms with E-state index in [-0.39, 0.29) is 6.03 Å². The first-order chi connectivity index (χ1) is 7.15. The number of halogens is 1. The lowest BCUT2D eigenvalue weighted by molar-refractivity contribution is 0.251. The Morgan fingerprint density at radius 2 is 2.20 bits per heavy atom. The number of urea groups is 1. The summed E-state index contributed by atoms with van der Waals surface area (Å²) >= 11 is 5.74. The third-order valence-corrected chi connectivity index (χ3v) is 2.41. The van der Waals surface area contributed by atoms with Crippen molar-refractivity contribution in [2.75, 3.05) is 11.1 Å². The van der Waals surface area contributed by atoms with Gasteiger partial charge in [-0.3, -0.25) is 0 Å². The van der Waals surface area contributed by atoms with Gasteiger partial charge in [0.1, 0.15) is 0 Å². The van der Waals surface area contributed by atoms with Gasteiger partial charge in [0.2, 0.25) is 0 Å². The minimum atomic E-state index is -0.216. The number of benzene rings is 1. The molecule has 0 saturated heterocycles. The molecule has 0 atom stereocenters. The first-order valence-electron chi connectivity index (χ1n) is 4.77. The Bertz CT molecular complexity index is 390. The number of hydrogen-bond donors (Lipinski definition) is 3. The van der Waals surface area contributed by atoms with Crippen molar-refractivity contribution in [2.45, 2.75) is 18.9 Å². The Morgan fingerprint density at radius 3 is 2.80 bits per heavy atom. The van der Waals surface area contributed by atoms with Crippen molar-refractivity contribution in [2.24, 2.45) is 0 Å². The van der Waals surface area contributed by atoms with E-state index in [4.69, 9.17) is 17.3 Å². The van der Waals surface area contributed by atoms with Crippen LogP contribution in [-0.4, -0.2) is 12.1 Å². The zero-order valence-electron chi connectivity index (χ0n) is 8.09. The number of amides is 2. The van der Waals surface area contributed by atoms with Gasteiger partial charge in [0.25, 0.3) is 0 Å². The van der Waals surface area contributed by atoms with E-state index in [9.17, 15) is 4.79 Å². The number of nitrogens with one attached hydrogen (secondary N) is 2. The lowest BCUT2D eigenvalue weighted by Gasteiger charge is -2.08. The number of hydrogen-bond acceptors (Lipinski definition) is 2.